The van der Waals surface area contributed by atoms with Gasteiger partial charge in [-0.05, 0) is 38.2 Å². The Bertz CT molecular complexity index is 480. The number of ether oxygens (including phenoxy) is 2. The molecule has 0 bridgehead atoms. The third kappa shape index (κ3) is 3.10. The quantitative estimate of drug-likeness (QED) is 0.852. The predicted octanol–water partition coefficient (Wildman–Crippen LogP) is 1.75. The van der Waals surface area contributed by atoms with E-state index in [0.717, 1.165) is 18.0 Å². The summed E-state index contributed by atoms with van der Waals surface area (Å²) in [6, 6.07) is 0. The molecule has 1 saturated heterocycles. The van der Waals surface area contributed by atoms with Gasteiger partial charge in [0.25, 0.3) is 5.91 Å². The Morgan fingerprint density at radius 1 is 1.58 bits per heavy atom. The summed E-state index contributed by atoms with van der Waals surface area (Å²) in [5, 5.41) is 3.13. The lowest BCUT2D eigenvalue weighted by molar-refractivity contribution is -0.124. The maximum Gasteiger partial charge on any atom is 0.343 e. The van der Waals surface area contributed by atoms with Crippen molar-refractivity contribution in [3.05, 3.63) is 11.3 Å². The van der Waals surface area contributed by atoms with Crippen LogP contribution in [0, 0.1) is 6.92 Å². The van der Waals surface area contributed by atoms with Gasteiger partial charge in [0, 0.05) is 6.61 Å². The number of aromatic nitrogens is 1. The number of anilines is 1. The molecule has 2 heterocycles. The van der Waals surface area contributed by atoms with E-state index in [1.54, 1.807) is 13.8 Å². The first kappa shape index (κ1) is 14.0. The fourth-order valence-corrected chi connectivity index (χ4v) is 2.66. The summed E-state index contributed by atoms with van der Waals surface area (Å²) in [6.45, 7) is 4.33. The zero-order chi connectivity index (χ0) is 13.8. The van der Waals surface area contributed by atoms with Crippen LogP contribution in [0.2, 0.25) is 0 Å². The van der Waals surface area contributed by atoms with Gasteiger partial charge in [0.1, 0.15) is 16.7 Å². The highest BCUT2D eigenvalue weighted by molar-refractivity contribution is 7.11. The van der Waals surface area contributed by atoms with E-state index in [1.165, 1.54) is 0 Å². The lowest BCUT2D eigenvalue weighted by Crippen LogP contribution is -2.27. The van der Waals surface area contributed by atoms with Gasteiger partial charge in [0.2, 0.25) is 0 Å². The molecule has 1 amide bonds. The van der Waals surface area contributed by atoms with Crippen LogP contribution in [0.15, 0.2) is 0 Å². The Hall–Kier alpha value is -1.47. The van der Waals surface area contributed by atoms with Crippen LogP contribution in [-0.4, -0.2) is 35.6 Å². The van der Waals surface area contributed by atoms with E-state index in [9.17, 15) is 9.59 Å². The number of hydrogen-bond acceptors (Lipinski definition) is 6. The largest absolute Gasteiger partial charge is 0.462 e. The Kier molecular flexibility index (Phi) is 4.49. The standard InChI is InChI=1S/C12H16N2O4S/c1-3-17-12(16)9-7(2)14-19-11(9)13-10(15)8-5-4-6-18-8/h8H,3-6H2,1-2H3,(H,13,15). The van der Waals surface area contributed by atoms with Gasteiger partial charge in [-0.25, -0.2) is 4.79 Å². The minimum atomic E-state index is -0.462. The molecule has 1 N–H and O–H groups in total. The number of hydrogen-bond donors (Lipinski definition) is 1. The van der Waals surface area contributed by atoms with Gasteiger partial charge in [-0.15, -0.1) is 0 Å². The minimum absolute atomic E-state index is 0.230. The lowest BCUT2D eigenvalue weighted by atomic mass is 10.2. The number of amides is 1. The van der Waals surface area contributed by atoms with E-state index in [-0.39, 0.29) is 12.5 Å². The van der Waals surface area contributed by atoms with Crippen LogP contribution >= 0.6 is 11.5 Å². The number of nitrogens with zero attached hydrogens (tertiary/aromatic N) is 1. The molecular weight excluding hydrogens is 268 g/mol. The Morgan fingerprint density at radius 3 is 3.00 bits per heavy atom. The van der Waals surface area contributed by atoms with Crippen molar-refractivity contribution < 1.29 is 19.1 Å². The zero-order valence-electron chi connectivity index (χ0n) is 10.9. The molecule has 1 aliphatic rings. The molecule has 1 aromatic rings. The second-order valence-electron chi connectivity index (χ2n) is 4.18. The monoisotopic (exact) mass is 284 g/mol. The molecule has 1 unspecified atom stereocenters. The van der Waals surface area contributed by atoms with Gasteiger partial charge in [0.15, 0.2) is 0 Å². The predicted molar refractivity (Wildman–Crippen MR) is 70.4 cm³/mol. The van der Waals surface area contributed by atoms with Crippen molar-refractivity contribution >= 4 is 28.4 Å². The summed E-state index contributed by atoms with van der Waals surface area (Å²) < 4.78 is 14.3. The molecule has 104 valence electrons. The van der Waals surface area contributed by atoms with Gasteiger partial charge in [-0.3, -0.25) is 4.79 Å². The maximum atomic E-state index is 11.9. The van der Waals surface area contributed by atoms with Crippen LogP contribution in [0.5, 0.6) is 0 Å². The highest BCUT2D eigenvalue weighted by Crippen LogP contribution is 2.26. The van der Waals surface area contributed by atoms with Crippen molar-refractivity contribution in [2.24, 2.45) is 0 Å². The topological polar surface area (TPSA) is 77.5 Å². The van der Waals surface area contributed by atoms with Crippen molar-refractivity contribution in [1.82, 2.24) is 4.37 Å². The minimum Gasteiger partial charge on any atom is -0.462 e. The number of carbonyl (C=O) groups is 2. The molecule has 7 heteroatoms. The Balaban J connectivity index is 2.11. The van der Waals surface area contributed by atoms with Crippen molar-refractivity contribution in [3.8, 4) is 0 Å². The van der Waals surface area contributed by atoms with Gasteiger partial charge >= 0.3 is 5.97 Å². The molecule has 1 aromatic heterocycles. The first-order chi connectivity index (χ1) is 9.13. The van der Waals surface area contributed by atoms with Crippen molar-refractivity contribution in [2.45, 2.75) is 32.8 Å². The first-order valence-electron chi connectivity index (χ1n) is 6.19. The number of rotatable bonds is 4. The van der Waals surface area contributed by atoms with Gasteiger partial charge in [-0.1, -0.05) is 0 Å². The molecule has 2 rings (SSSR count). The average Bonchev–Trinajstić information content (AvgIpc) is 2.99. The third-order valence-corrected chi connectivity index (χ3v) is 3.66. The summed E-state index contributed by atoms with van der Waals surface area (Å²) in [7, 11) is 0. The molecule has 0 spiro atoms. The van der Waals surface area contributed by atoms with Crippen LogP contribution < -0.4 is 5.32 Å². The van der Waals surface area contributed by atoms with E-state index in [0.29, 0.717) is 29.3 Å². The summed E-state index contributed by atoms with van der Waals surface area (Å²) in [5.74, 6) is -0.692. The summed E-state index contributed by atoms with van der Waals surface area (Å²) >= 11 is 1.08. The van der Waals surface area contributed by atoms with Crippen molar-refractivity contribution in [3.63, 3.8) is 0 Å². The molecule has 6 nitrogen and oxygen atoms in total. The zero-order valence-corrected chi connectivity index (χ0v) is 11.7. The maximum absolute atomic E-state index is 11.9. The molecular formula is C12H16N2O4S. The van der Waals surface area contributed by atoms with Crippen LogP contribution in [0.3, 0.4) is 0 Å². The third-order valence-electron chi connectivity index (χ3n) is 2.80. The number of carbonyl (C=O) groups excluding carboxylic acids is 2. The highest BCUT2D eigenvalue weighted by Gasteiger charge is 2.27. The summed E-state index contributed by atoms with van der Waals surface area (Å²) in [6.07, 6.45) is 1.15. The molecule has 1 atom stereocenters. The van der Waals surface area contributed by atoms with Crippen LogP contribution in [0.25, 0.3) is 0 Å². The van der Waals surface area contributed by atoms with E-state index < -0.39 is 12.1 Å². The lowest BCUT2D eigenvalue weighted by Gasteiger charge is -2.10. The van der Waals surface area contributed by atoms with Gasteiger partial charge in [-0.2, -0.15) is 4.37 Å². The number of aryl methyl sites for hydroxylation is 1. The highest BCUT2D eigenvalue weighted by atomic mass is 32.1. The van der Waals surface area contributed by atoms with E-state index in [1.807, 2.05) is 0 Å². The summed E-state index contributed by atoms with van der Waals surface area (Å²) in [5.41, 5.74) is 0.893. The fourth-order valence-electron chi connectivity index (χ4n) is 1.88. The fraction of sp³-hybridized carbons (Fsp3) is 0.583. The molecule has 1 fully saturated rings. The van der Waals surface area contributed by atoms with Gasteiger partial charge in [0.05, 0.1) is 12.3 Å². The second-order valence-corrected chi connectivity index (χ2v) is 4.96. The molecule has 0 aliphatic carbocycles. The number of esters is 1. The molecule has 0 aromatic carbocycles. The second kappa shape index (κ2) is 6.12. The Morgan fingerprint density at radius 2 is 2.37 bits per heavy atom. The Labute approximate surface area is 115 Å². The molecule has 0 saturated carbocycles. The average molecular weight is 284 g/mol. The first-order valence-corrected chi connectivity index (χ1v) is 6.96. The smallest absolute Gasteiger partial charge is 0.343 e. The normalized spacial score (nSPS) is 18.3. The summed E-state index contributed by atoms with van der Waals surface area (Å²) in [4.78, 5) is 23.8. The number of nitrogens with one attached hydrogen (secondary N) is 1. The van der Waals surface area contributed by atoms with Crippen LogP contribution in [0.4, 0.5) is 5.00 Å². The molecule has 19 heavy (non-hydrogen) atoms. The van der Waals surface area contributed by atoms with Crippen LogP contribution in [-0.2, 0) is 14.3 Å². The van der Waals surface area contributed by atoms with E-state index >= 15 is 0 Å². The van der Waals surface area contributed by atoms with Crippen molar-refractivity contribution in [1.29, 1.82) is 0 Å². The van der Waals surface area contributed by atoms with E-state index in [4.69, 9.17) is 9.47 Å². The van der Waals surface area contributed by atoms with Crippen molar-refractivity contribution in [2.75, 3.05) is 18.5 Å². The SMILES string of the molecule is CCOC(=O)c1c(C)nsc1NC(=O)C1CCCO1. The molecule has 0 radical (unpaired) electrons. The van der Waals surface area contributed by atoms with Crippen LogP contribution in [0.1, 0.15) is 35.8 Å². The van der Waals surface area contributed by atoms with E-state index in [2.05, 4.69) is 9.69 Å². The van der Waals surface area contributed by atoms with Gasteiger partial charge < -0.3 is 14.8 Å². The molecule has 1 aliphatic heterocycles.